The van der Waals surface area contributed by atoms with E-state index < -0.39 is 12.6 Å². The van der Waals surface area contributed by atoms with Gasteiger partial charge in [-0.25, -0.2) is 9.97 Å². The smallest absolute Gasteiger partial charge is 0.312 e. The van der Waals surface area contributed by atoms with Crippen molar-refractivity contribution in [2.45, 2.75) is 32.5 Å². The van der Waals surface area contributed by atoms with Gasteiger partial charge in [-0.1, -0.05) is 0 Å². The molecule has 0 aliphatic heterocycles. The topological polar surface area (TPSA) is 30.7 Å². The van der Waals surface area contributed by atoms with Gasteiger partial charge in [-0.3, -0.25) is 0 Å². The molecule has 3 nitrogen and oxygen atoms in total. The Balaban J connectivity index is 2.40. The predicted octanol–water partition coefficient (Wildman–Crippen LogP) is 3.47. The van der Waals surface area contributed by atoms with Crippen LogP contribution in [0.2, 0.25) is 0 Å². The Kier molecular flexibility index (Phi) is 3.99. The number of fused-ring (bicyclic) bond motifs is 1. The molecule has 0 radical (unpaired) electrons. The molecule has 7 heteroatoms. The van der Waals surface area contributed by atoms with Gasteiger partial charge in [-0.05, 0) is 18.6 Å². The highest BCUT2D eigenvalue weighted by Gasteiger charge is 2.27. The van der Waals surface area contributed by atoms with Crippen molar-refractivity contribution in [3.05, 3.63) is 23.7 Å². The highest BCUT2D eigenvalue weighted by molar-refractivity contribution is 6.17. The highest BCUT2D eigenvalue weighted by atomic mass is 35.5. The van der Waals surface area contributed by atoms with Crippen molar-refractivity contribution >= 4 is 22.8 Å². The monoisotopic (exact) mass is 291 g/mol. The molecule has 0 spiro atoms. The quantitative estimate of drug-likeness (QED) is 0.808. The minimum atomic E-state index is -4.19. The number of halogens is 4. The summed E-state index contributed by atoms with van der Waals surface area (Å²) in [6, 6.07) is 1.81. The third kappa shape index (κ3) is 3.37. The molecule has 2 rings (SSSR count). The molecule has 0 aliphatic rings. The predicted molar refractivity (Wildman–Crippen MR) is 67.4 cm³/mol. The highest BCUT2D eigenvalue weighted by Crippen LogP contribution is 2.23. The molecule has 19 heavy (non-hydrogen) atoms. The van der Waals surface area contributed by atoms with E-state index in [9.17, 15) is 13.2 Å². The van der Waals surface area contributed by atoms with Gasteiger partial charge in [0.25, 0.3) is 0 Å². The molecule has 0 fully saturated rings. The van der Waals surface area contributed by atoms with Gasteiger partial charge in [-0.2, -0.15) is 13.2 Å². The maximum absolute atomic E-state index is 12.3. The minimum Gasteiger partial charge on any atom is -0.312 e. The molecule has 2 aromatic heterocycles. The van der Waals surface area contributed by atoms with Crippen LogP contribution < -0.4 is 0 Å². The Bertz CT molecular complexity index is 577. The van der Waals surface area contributed by atoms with Crippen molar-refractivity contribution < 1.29 is 13.2 Å². The van der Waals surface area contributed by atoms with E-state index in [0.717, 1.165) is 5.56 Å². The Morgan fingerprint density at radius 2 is 2.11 bits per heavy atom. The number of pyridine rings is 1. The normalized spacial score (nSPS) is 12.3. The van der Waals surface area contributed by atoms with E-state index in [2.05, 4.69) is 9.97 Å². The van der Waals surface area contributed by atoms with Crippen LogP contribution in [-0.2, 0) is 13.0 Å². The van der Waals surface area contributed by atoms with E-state index in [1.165, 1.54) is 4.57 Å². The van der Waals surface area contributed by atoms with Gasteiger partial charge in [0.05, 0.1) is 6.42 Å². The van der Waals surface area contributed by atoms with Crippen molar-refractivity contribution in [2.24, 2.45) is 0 Å². The van der Waals surface area contributed by atoms with Crippen molar-refractivity contribution in [3.8, 4) is 0 Å². The molecule has 0 aromatic carbocycles. The molecule has 2 aromatic rings. The SMILES string of the molecule is Cc1cnc2c(c1)nc(CCCl)n2CCC(F)(F)F. The zero-order valence-corrected chi connectivity index (χ0v) is 11.1. The van der Waals surface area contributed by atoms with Crippen molar-refractivity contribution in [1.29, 1.82) is 0 Å². The first kappa shape index (κ1) is 14.1. The summed E-state index contributed by atoms with van der Waals surface area (Å²) in [6.45, 7) is 1.69. The first-order valence-electron chi connectivity index (χ1n) is 5.85. The van der Waals surface area contributed by atoms with Crippen molar-refractivity contribution in [1.82, 2.24) is 14.5 Å². The van der Waals surface area contributed by atoms with E-state index in [-0.39, 0.29) is 6.54 Å². The Morgan fingerprint density at radius 3 is 2.74 bits per heavy atom. The second-order valence-corrected chi connectivity index (χ2v) is 4.72. The lowest BCUT2D eigenvalue weighted by Gasteiger charge is -2.10. The summed E-state index contributed by atoms with van der Waals surface area (Å²) in [5, 5.41) is 0. The maximum atomic E-state index is 12.3. The van der Waals surface area contributed by atoms with E-state index in [0.29, 0.717) is 29.3 Å². The largest absolute Gasteiger partial charge is 0.390 e. The summed E-state index contributed by atoms with van der Waals surface area (Å²) >= 11 is 5.66. The molecule has 2 heterocycles. The number of rotatable bonds is 4. The average Bonchev–Trinajstić information content (AvgIpc) is 2.62. The minimum absolute atomic E-state index is 0.178. The number of aromatic nitrogens is 3. The van der Waals surface area contributed by atoms with Crippen LogP contribution >= 0.6 is 11.6 Å². The second-order valence-electron chi connectivity index (χ2n) is 4.34. The van der Waals surface area contributed by atoms with Crippen LogP contribution in [0.25, 0.3) is 11.2 Å². The lowest BCUT2D eigenvalue weighted by molar-refractivity contribution is -0.136. The van der Waals surface area contributed by atoms with Gasteiger partial charge in [0.15, 0.2) is 5.65 Å². The van der Waals surface area contributed by atoms with Crippen LogP contribution in [-0.4, -0.2) is 26.6 Å². The number of hydrogen-bond acceptors (Lipinski definition) is 2. The third-order valence-corrected chi connectivity index (χ3v) is 2.93. The van der Waals surface area contributed by atoms with Crippen LogP contribution in [0, 0.1) is 6.92 Å². The Morgan fingerprint density at radius 1 is 1.37 bits per heavy atom. The first-order chi connectivity index (χ1) is 8.90. The van der Waals surface area contributed by atoms with Gasteiger partial charge < -0.3 is 4.57 Å². The molecule has 0 saturated heterocycles. The zero-order valence-electron chi connectivity index (χ0n) is 10.3. The van der Waals surface area contributed by atoms with Gasteiger partial charge in [0.2, 0.25) is 0 Å². The van der Waals surface area contributed by atoms with Crippen LogP contribution in [0.5, 0.6) is 0 Å². The molecule has 0 saturated carbocycles. The molecule has 0 atom stereocenters. The molecule has 0 amide bonds. The first-order valence-corrected chi connectivity index (χ1v) is 6.38. The summed E-state index contributed by atoms with van der Waals surface area (Å²) in [4.78, 5) is 8.49. The van der Waals surface area contributed by atoms with Crippen LogP contribution in [0.3, 0.4) is 0 Å². The third-order valence-electron chi connectivity index (χ3n) is 2.74. The molecular weight excluding hydrogens is 279 g/mol. The van der Waals surface area contributed by atoms with Gasteiger partial charge >= 0.3 is 6.18 Å². The van der Waals surface area contributed by atoms with Crippen molar-refractivity contribution in [2.75, 3.05) is 5.88 Å². The van der Waals surface area contributed by atoms with Crippen molar-refractivity contribution in [3.63, 3.8) is 0 Å². The fourth-order valence-electron chi connectivity index (χ4n) is 1.91. The standard InChI is InChI=1S/C12H13ClF3N3/c1-8-6-9-11(17-7-8)19(5-3-12(14,15)16)10(18-9)2-4-13/h6-7H,2-5H2,1H3. The molecule has 104 valence electrons. The summed E-state index contributed by atoms with van der Waals surface area (Å²) < 4.78 is 38.6. The number of imidazole rings is 1. The molecule has 0 N–H and O–H groups in total. The Hall–Kier alpha value is -1.30. The lowest BCUT2D eigenvalue weighted by Crippen LogP contribution is -2.14. The number of hydrogen-bond donors (Lipinski definition) is 0. The van der Waals surface area contributed by atoms with Crippen LogP contribution in [0.4, 0.5) is 13.2 Å². The lowest BCUT2D eigenvalue weighted by atomic mass is 10.3. The fourth-order valence-corrected chi connectivity index (χ4v) is 2.08. The van der Waals surface area contributed by atoms with E-state index in [1.807, 2.05) is 13.0 Å². The second kappa shape index (κ2) is 5.36. The van der Waals surface area contributed by atoms with E-state index >= 15 is 0 Å². The fraction of sp³-hybridized carbons (Fsp3) is 0.500. The summed E-state index contributed by atoms with van der Waals surface area (Å²) in [7, 11) is 0. The number of aryl methyl sites for hydroxylation is 3. The van der Waals surface area contributed by atoms with Crippen LogP contribution in [0.15, 0.2) is 12.3 Å². The van der Waals surface area contributed by atoms with E-state index in [4.69, 9.17) is 11.6 Å². The summed E-state index contributed by atoms with van der Waals surface area (Å²) in [5.41, 5.74) is 2.02. The Labute approximate surface area is 113 Å². The number of nitrogens with zero attached hydrogens (tertiary/aromatic N) is 3. The summed E-state index contributed by atoms with van der Waals surface area (Å²) in [6.07, 6.45) is -3.05. The van der Waals surface area contributed by atoms with Gasteiger partial charge in [-0.15, -0.1) is 11.6 Å². The average molecular weight is 292 g/mol. The summed E-state index contributed by atoms with van der Waals surface area (Å²) in [5.74, 6) is 0.862. The molecule has 0 bridgehead atoms. The number of alkyl halides is 4. The maximum Gasteiger partial charge on any atom is 0.390 e. The molecule has 0 aliphatic carbocycles. The molecule has 0 unspecified atom stereocenters. The zero-order chi connectivity index (χ0) is 14.0. The van der Waals surface area contributed by atoms with Gasteiger partial charge in [0.1, 0.15) is 11.3 Å². The molecular formula is C12H13ClF3N3. The van der Waals surface area contributed by atoms with E-state index in [1.54, 1.807) is 6.20 Å². The van der Waals surface area contributed by atoms with Crippen LogP contribution in [0.1, 0.15) is 17.8 Å². The van der Waals surface area contributed by atoms with Gasteiger partial charge in [0, 0.05) is 25.0 Å².